The van der Waals surface area contributed by atoms with Gasteiger partial charge in [-0.25, -0.2) is 0 Å². The maximum atomic E-state index is 12.6. The molecule has 88 valence electrons. The van der Waals surface area contributed by atoms with E-state index in [1.54, 1.807) is 6.07 Å². The predicted octanol–water partition coefficient (Wildman–Crippen LogP) is 3.88. The number of alkyl halides is 3. The van der Waals surface area contributed by atoms with Crippen molar-refractivity contribution in [3.05, 3.63) is 29.8 Å². The topological polar surface area (TPSA) is 9.23 Å². The molecule has 1 fully saturated rings. The van der Waals surface area contributed by atoms with Crippen LogP contribution < -0.4 is 4.74 Å². The third kappa shape index (κ3) is 2.15. The summed E-state index contributed by atoms with van der Waals surface area (Å²) in [6, 6.07) is 5.38. The third-order valence-corrected chi connectivity index (χ3v) is 3.01. The standard InChI is InChI=1S/C12H13F3O/c1-8-6-7-10(8)16-11-5-3-2-4-9(11)12(13,14)15/h2-5,8,10H,6-7H2,1H3/t8?,10-/m0/s1. The molecule has 2 rings (SSSR count). The highest BCUT2D eigenvalue weighted by Crippen LogP contribution is 2.39. The van der Waals surface area contributed by atoms with Crippen molar-refractivity contribution < 1.29 is 17.9 Å². The minimum absolute atomic E-state index is 0.0495. The lowest BCUT2D eigenvalue weighted by molar-refractivity contribution is -0.139. The van der Waals surface area contributed by atoms with Gasteiger partial charge < -0.3 is 4.74 Å². The smallest absolute Gasteiger partial charge is 0.419 e. The molecule has 0 heterocycles. The summed E-state index contributed by atoms with van der Waals surface area (Å²) in [6.07, 6.45) is -2.54. The van der Waals surface area contributed by atoms with E-state index < -0.39 is 11.7 Å². The lowest BCUT2D eigenvalue weighted by atomic mass is 9.83. The Hall–Kier alpha value is -1.19. The fourth-order valence-electron chi connectivity index (χ4n) is 1.78. The Kier molecular flexibility index (Phi) is 2.82. The normalized spacial score (nSPS) is 25.0. The van der Waals surface area contributed by atoms with Crippen LogP contribution in [0.25, 0.3) is 0 Å². The maximum absolute atomic E-state index is 12.6. The van der Waals surface area contributed by atoms with Crippen molar-refractivity contribution in [1.29, 1.82) is 0 Å². The van der Waals surface area contributed by atoms with Crippen LogP contribution in [-0.4, -0.2) is 6.10 Å². The first-order chi connectivity index (χ1) is 7.48. The second-order valence-electron chi connectivity index (χ2n) is 4.20. The Bertz CT molecular complexity index is 373. The van der Waals surface area contributed by atoms with E-state index in [1.807, 2.05) is 6.92 Å². The SMILES string of the molecule is CC1CC[C@@H]1Oc1ccccc1C(F)(F)F. The van der Waals surface area contributed by atoms with Gasteiger partial charge >= 0.3 is 6.18 Å². The molecule has 1 nitrogen and oxygen atoms in total. The Balaban J connectivity index is 2.20. The molecule has 1 aromatic carbocycles. The van der Waals surface area contributed by atoms with Crippen LogP contribution in [0.15, 0.2) is 24.3 Å². The fourth-order valence-corrected chi connectivity index (χ4v) is 1.78. The number of hydrogen-bond acceptors (Lipinski definition) is 1. The number of para-hydroxylation sites is 1. The average molecular weight is 230 g/mol. The molecule has 0 bridgehead atoms. The molecule has 1 aliphatic carbocycles. The lowest BCUT2D eigenvalue weighted by Gasteiger charge is -2.34. The summed E-state index contributed by atoms with van der Waals surface area (Å²) in [4.78, 5) is 0. The molecule has 2 atom stereocenters. The Labute approximate surface area is 92.2 Å². The zero-order valence-corrected chi connectivity index (χ0v) is 8.92. The Morgan fingerprint density at radius 1 is 1.19 bits per heavy atom. The van der Waals surface area contributed by atoms with Crippen LogP contribution in [0.1, 0.15) is 25.3 Å². The molecule has 1 saturated carbocycles. The van der Waals surface area contributed by atoms with Crippen molar-refractivity contribution in [2.24, 2.45) is 5.92 Å². The van der Waals surface area contributed by atoms with Gasteiger partial charge in [0.05, 0.1) is 5.56 Å². The van der Waals surface area contributed by atoms with E-state index in [4.69, 9.17) is 4.74 Å². The first-order valence-corrected chi connectivity index (χ1v) is 5.31. The van der Waals surface area contributed by atoms with Crippen LogP contribution in [-0.2, 0) is 6.18 Å². The van der Waals surface area contributed by atoms with E-state index in [0.717, 1.165) is 18.9 Å². The van der Waals surface area contributed by atoms with Gasteiger partial charge in [0.15, 0.2) is 0 Å². The zero-order chi connectivity index (χ0) is 11.8. The van der Waals surface area contributed by atoms with Gasteiger partial charge in [0.1, 0.15) is 11.9 Å². The van der Waals surface area contributed by atoms with Crippen LogP contribution in [0, 0.1) is 5.92 Å². The summed E-state index contributed by atoms with van der Waals surface area (Å²) >= 11 is 0. The second-order valence-corrected chi connectivity index (χ2v) is 4.20. The molecule has 0 spiro atoms. The summed E-state index contributed by atoms with van der Waals surface area (Å²) < 4.78 is 43.3. The van der Waals surface area contributed by atoms with E-state index in [2.05, 4.69) is 0 Å². The summed E-state index contributed by atoms with van der Waals surface area (Å²) in [7, 11) is 0. The highest BCUT2D eigenvalue weighted by Gasteiger charge is 2.36. The van der Waals surface area contributed by atoms with Crippen LogP contribution in [0.3, 0.4) is 0 Å². The Morgan fingerprint density at radius 3 is 2.38 bits per heavy atom. The second kappa shape index (κ2) is 4.00. The van der Waals surface area contributed by atoms with Crippen molar-refractivity contribution in [1.82, 2.24) is 0 Å². The predicted molar refractivity (Wildman–Crippen MR) is 54.3 cm³/mol. The fraction of sp³-hybridized carbons (Fsp3) is 0.500. The van der Waals surface area contributed by atoms with Gasteiger partial charge in [-0.2, -0.15) is 13.2 Å². The van der Waals surface area contributed by atoms with Crippen molar-refractivity contribution in [2.75, 3.05) is 0 Å². The number of ether oxygens (including phenoxy) is 1. The third-order valence-electron chi connectivity index (χ3n) is 3.01. The molecule has 16 heavy (non-hydrogen) atoms. The van der Waals surface area contributed by atoms with Gasteiger partial charge in [-0.05, 0) is 30.9 Å². The van der Waals surface area contributed by atoms with Crippen LogP contribution in [0.5, 0.6) is 5.75 Å². The summed E-state index contributed by atoms with van der Waals surface area (Å²) in [5.74, 6) is 0.299. The molecule has 1 unspecified atom stereocenters. The summed E-state index contributed by atoms with van der Waals surface area (Å²) in [6.45, 7) is 1.99. The molecular weight excluding hydrogens is 217 g/mol. The van der Waals surface area contributed by atoms with Crippen LogP contribution in [0.2, 0.25) is 0 Å². The van der Waals surface area contributed by atoms with Crippen LogP contribution >= 0.6 is 0 Å². The quantitative estimate of drug-likeness (QED) is 0.749. The molecule has 0 aliphatic heterocycles. The number of halogens is 3. The first-order valence-electron chi connectivity index (χ1n) is 5.31. The highest BCUT2D eigenvalue weighted by atomic mass is 19.4. The summed E-state index contributed by atoms with van der Waals surface area (Å²) in [5.41, 5.74) is -0.686. The molecule has 0 saturated heterocycles. The highest BCUT2D eigenvalue weighted by molar-refractivity contribution is 5.35. The van der Waals surface area contributed by atoms with E-state index >= 15 is 0 Å². The van der Waals surface area contributed by atoms with Crippen molar-refractivity contribution in [2.45, 2.75) is 32.0 Å². The maximum Gasteiger partial charge on any atom is 0.419 e. The average Bonchev–Trinajstić information content (AvgIpc) is 2.23. The monoisotopic (exact) mass is 230 g/mol. The van der Waals surface area contributed by atoms with Crippen molar-refractivity contribution >= 4 is 0 Å². The van der Waals surface area contributed by atoms with Gasteiger partial charge in [-0.15, -0.1) is 0 Å². The molecule has 0 amide bonds. The van der Waals surface area contributed by atoms with E-state index in [0.29, 0.717) is 5.92 Å². The Morgan fingerprint density at radius 2 is 1.88 bits per heavy atom. The molecule has 1 aromatic rings. The van der Waals surface area contributed by atoms with E-state index in [-0.39, 0.29) is 11.9 Å². The van der Waals surface area contributed by atoms with Gasteiger partial charge in [-0.3, -0.25) is 0 Å². The van der Waals surface area contributed by atoms with Gasteiger partial charge in [0, 0.05) is 0 Å². The molecule has 1 aliphatic rings. The van der Waals surface area contributed by atoms with Crippen molar-refractivity contribution in [3.63, 3.8) is 0 Å². The first kappa shape index (κ1) is 11.3. The molecular formula is C12H13F3O. The lowest BCUT2D eigenvalue weighted by Crippen LogP contribution is -2.35. The molecule has 0 radical (unpaired) electrons. The van der Waals surface area contributed by atoms with E-state index in [1.165, 1.54) is 12.1 Å². The molecule has 0 aromatic heterocycles. The molecule has 0 N–H and O–H groups in total. The number of hydrogen-bond donors (Lipinski definition) is 0. The zero-order valence-electron chi connectivity index (χ0n) is 8.92. The van der Waals surface area contributed by atoms with Gasteiger partial charge in [0.2, 0.25) is 0 Å². The van der Waals surface area contributed by atoms with Crippen molar-refractivity contribution in [3.8, 4) is 5.75 Å². The molecule has 4 heteroatoms. The van der Waals surface area contributed by atoms with E-state index in [9.17, 15) is 13.2 Å². The summed E-state index contributed by atoms with van der Waals surface area (Å²) in [5, 5.41) is 0. The minimum Gasteiger partial charge on any atom is -0.490 e. The van der Waals surface area contributed by atoms with Gasteiger partial charge in [-0.1, -0.05) is 19.1 Å². The van der Waals surface area contributed by atoms with Gasteiger partial charge in [0.25, 0.3) is 0 Å². The minimum atomic E-state index is -4.34. The van der Waals surface area contributed by atoms with Crippen LogP contribution in [0.4, 0.5) is 13.2 Å². The number of benzene rings is 1. The largest absolute Gasteiger partial charge is 0.490 e. The number of rotatable bonds is 2.